The molecule has 0 spiro atoms. The van der Waals surface area contributed by atoms with Crippen molar-refractivity contribution in [2.24, 2.45) is 0 Å². The standard InChI is InChI=1S/C26H23ClN2O2S/c1-16-7-8-20(13-17(16)2)24-18(3)32-26(28-24)29-25(30)21-6-4-5-19(14-21)15-31-23-11-9-22(27)10-12-23/h4-14H,15H2,1-3H3,(H,28,29,30). The molecule has 0 saturated heterocycles. The van der Waals surface area contributed by atoms with Gasteiger partial charge in [-0.25, -0.2) is 4.98 Å². The molecular formula is C26H23ClN2O2S. The van der Waals surface area contributed by atoms with Crippen molar-refractivity contribution in [2.45, 2.75) is 27.4 Å². The fourth-order valence-corrected chi connectivity index (χ4v) is 4.23. The molecule has 6 heteroatoms. The Bertz CT molecular complexity index is 1270. The minimum absolute atomic E-state index is 0.196. The van der Waals surface area contributed by atoms with E-state index in [9.17, 15) is 4.79 Å². The minimum atomic E-state index is -0.196. The predicted octanol–water partition coefficient (Wildman–Crippen LogP) is 7.22. The SMILES string of the molecule is Cc1ccc(-c2nc(NC(=O)c3cccc(COc4ccc(Cl)cc4)c3)sc2C)cc1C. The summed E-state index contributed by atoms with van der Waals surface area (Å²) in [5.74, 6) is 0.528. The van der Waals surface area contributed by atoms with E-state index in [1.54, 1.807) is 18.2 Å². The number of aromatic nitrogens is 1. The average Bonchev–Trinajstić information content (AvgIpc) is 3.15. The van der Waals surface area contributed by atoms with Gasteiger partial charge in [0.15, 0.2) is 5.13 Å². The quantitative estimate of drug-likeness (QED) is 0.329. The number of amides is 1. The lowest BCUT2D eigenvalue weighted by molar-refractivity contribution is 0.102. The number of ether oxygens (including phenoxy) is 1. The monoisotopic (exact) mass is 462 g/mol. The highest BCUT2D eigenvalue weighted by atomic mass is 35.5. The van der Waals surface area contributed by atoms with Crippen LogP contribution in [0.3, 0.4) is 0 Å². The van der Waals surface area contributed by atoms with Gasteiger partial charge in [0.2, 0.25) is 0 Å². The summed E-state index contributed by atoms with van der Waals surface area (Å²) in [5.41, 5.74) is 5.89. The van der Waals surface area contributed by atoms with Crippen LogP contribution in [-0.2, 0) is 6.61 Å². The Balaban J connectivity index is 1.45. The zero-order valence-corrected chi connectivity index (χ0v) is 19.7. The number of anilines is 1. The normalized spacial score (nSPS) is 10.8. The van der Waals surface area contributed by atoms with Crippen molar-refractivity contribution in [1.29, 1.82) is 0 Å². The topological polar surface area (TPSA) is 51.2 Å². The van der Waals surface area contributed by atoms with E-state index in [0.29, 0.717) is 22.3 Å². The van der Waals surface area contributed by atoms with Crippen LogP contribution < -0.4 is 10.1 Å². The molecule has 1 aromatic heterocycles. The van der Waals surface area contributed by atoms with Crippen LogP contribution in [-0.4, -0.2) is 10.9 Å². The average molecular weight is 463 g/mol. The van der Waals surface area contributed by atoms with Gasteiger partial charge in [-0.1, -0.05) is 35.9 Å². The largest absolute Gasteiger partial charge is 0.489 e. The lowest BCUT2D eigenvalue weighted by atomic mass is 10.0. The van der Waals surface area contributed by atoms with E-state index < -0.39 is 0 Å². The summed E-state index contributed by atoms with van der Waals surface area (Å²) in [6.07, 6.45) is 0. The molecule has 0 fully saturated rings. The Morgan fingerprint density at radius 3 is 2.53 bits per heavy atom. The van der Waals surface area contributed by atoms with E-state index in [4.69, 9.17) is 16.3 Å². The highest BCUT2D eigenvalue weighted by molar-refractivity contribution is 7.16. The molecule has 1 N–H and O–H groups in total. The van der Waals surface area contributed by atoms with Crippen molar-refractivity contribution >= 4 is 34.0 Å². The summed E-state index contributed by atoms with van der Waals surface area (Å²) < 4.78 is 5.79. The molecule has 162 valence electrons. The molecule has 0 aliphatic rings. The molecule has 0 unspecified atom stereocenters. The molecule has 0 atom stereocenters. The van der Waals surface area contributed by atoms with Crippen LogP contribution in [0.1, 0.15) is 31.9 Å². The first kappa shape index (κ1) is 22.1. The van der Waals surface area contributed by atoms with Crippen LogP contribution in [0.4, 0.5) is 5.13 Å². The Morgan fingerprint density at radius 2 is 1.78 bits per heavy atom. The molecule has 1 heterocycles. The predicted molar refractivity (Wildman–Crippen MR) is 132 cm³/mol. The maximum absolute atomic E-state index is 12.8. The second-order valence-electron chi connectivity index (χ2n) is 7.62. The zero-order valence-electron chi connectivity index (χ0n) is 18.1. The highest BCUT2D eigenvalue weighted by Gasteiger charge is 2.14. The molecule has 1 amide bonds. The lowest BCUT2D eigenvalue weighted by Crippen LogP contribution is -2.12. The number of aryl methyl sites for hydroxylation is 3. The number of rotatable bonds is 6. The summed E-state index contributed by atoms with van der Waals surface area (Å²) >= 11 is 7.38. The number of carbonyl (C=O) groups excluding carboxylic acids is 1. The molecule has 0 aliphatic carbocycles. The number of benzene rings is 3. The Morgan fingerprint density at radius 1 is 1.00 bits per heavy atom. The summed E-state index contributed by atoms with van der Waals surface area (Å²) in [4.78, 5) is 18.6. The number of nitrogens with zero attached hydrogens (tertiary/aromatic N) is 1. The molecule has 32 heavy (non-hydrogen) atoms. The molecule has 0 bridgehead atoms. The van der Waals surface area contributed by atoms with Crippen LogP contribution in [0.5, 0.6) is 5.75 Å². The van der Waals surface area contributed by atoms with E-state index in [1.807, 2.05) is 37.3 Å². The van der Waals surface area contributed by atoms with Gasteiger partial charge in [-0.2, -0.15) is 0 Å². The van der Waals surface area contributed by atoms with Gasteiger partial charge in [-0.3, -0.25) is 10.1 Å². The number of nitrogens with one attached hydrogen (secondary N) is 1. The van der Waals surface area contributed by atoms with Gasteiger partial charge in [0.25, 0.3) is 5.91 Å². The molecule has 4 rings (SSSR count). The molecule has 0 aliphatic heterocycles. The van der Waals surface area contributed by atoms with Crippen LogP contribution in [0.25, 0.3) is 11.3 Å². The van der Waals surface area contributed by atoms with Crippen LogP contribution in [0.2, 0.25) is 5.02 Å². The number of hydrogen-bond donors (Lipinski definition) is 1. The minimum Gasteiger partial charge on any atom is -0.489 e. The number of halogens is 1. The summed E-state index contributed by atoms with van der Waals surface area (Å²) in [6, 6.07) is 20.9. The van der Waals surface area contributed by atoms with Crippen LogP contribution in [0, 0.1) is 20.8 Å². The van der Waals surface area contributed by atoms with E-state index in [0.717, 1.165) is 27.4 Å². The van der Waals surface area contributed by atoms with Crippen molar-refractivity contribution in [1.82, 2.24) is 4.98 Å². The van der Waals surface area contributed by atoms with Crippen LogP contribution >= 0.6 is 22.9 Å². The molecule has 4 nitrogen and oxygen atoms in total. The van der Waals surface area contributed by atoms with E-state index in [2.05, 4.69) is 42.3 Å². The number of hydrogen-bond acceptors (Lipinski definition) is 4. The van der Waals surface area contributed by atoms with E-state index in [1.165, 1.54) is 22.5 Å². The van der Waals surface area contributed by atoms with Gasteiger partial charge in [0, 0.05) is 21.0 Å². The van der Waals surface area contributed by atoms with Crippen molar-refractivity contribution in [3.05, 3.63) is 98.9 Å². The van der Waals surface area contributed by atoms with Gasteiger partial charge in [-0.05, 0) is 79.9 Å². The fourth-order valence-electron chi connectivity index (χ4n) is 3.28. The third kappa shape index (κ3) is 5.18. The van der Waals surface area contributed by atoms with Crippen molar-refractivity contribution in [3.8, 4) is 17.0 Å². The van der Waals surface area contributed by atoms with Gasteiger partial charge in [0.1, 0.15) is 12.4 Å². The first-order valence-corrected chi connectivity index (χ1v) is 11.4. The maximum atomic E-state index is 12.8. The molecular weight excluding hydrogens is 440 g/mol. The molecule has 4 aromatic rings. The summed E-state index contributed by atoms with van der Waals surface area (Å²) in [6.45, 7) is 6.56. The van der Waals surface area contributed by atoms with Gasteiger partial charge in [0.05, 0.1) is 5.69 Å². The van der Waals surface area contributed by atoms with Crippen molar-refractivity contribution < 1.29 is 9.53 Å². The highest BCUT2D eigenvalue weighted by Crippen LogP contribution is 2.31. The van der Waals surface area contributed by atoms with Crippen molar-refractivity contribution in [3.63, 3.8) is 0 Å². The third-order valence-electron chi connectivity index (χ3n) is 5.21. The number of thiazole rings is 1. The molecule has 3 aromatic carbocycles. The number of carbonyl (C=O) groups is 1. The summed E-state index contributed by atoms with van der Waals surface area (Å²) in [7, 11) is 0. The van der Waals surface area contributed by atoms with Gasteiger partial charge >= 0.3 is 0 Å². The van der Waals surface area contributed by atoms with Gasteiger partial charge in [-0.15, -0.1) is 11.3 Å². The van der Waals surface area contributed by atoms with Crippen molar-refractivity contribution in [2.75, 3.05) is 5.32 Å². The van der Waals surface area contributed by atoms with Crippen LogP contribution in [0.15, 0.2) is 66.7 Å². The first-order chi connectivity index (χ1) is 15.4. The Hall–Kier alpha value is -3.15. The summed E-state index contributed by atoms with van der Waals surface area (Å²) in [5, 5.41) is 4.18. The lowest BCUT2D eigenvalue weighted by Gasteiger charge is -2.08. The maximum Gasteiger partial charge on any atom is 0.257 e. The second-order valence-corrected chi connectivity index (χ2v) is 9.26. The van der Waals surface area contributed by atoms with Gasteiger partial charge < -0.3 is 4.74 Å². The zero-order chi connectivity index (χ0) is 22.7. The fraction of sp³-hybridized carbons (Fsp3) is 0.154. The molecule has 0 radical (unpaired) electrons. The third-order valence-corrected chi connectivity index (χ3v) is 6.34. The first-order valence-electron chi connectivity index (χ1n) is 10.2. The van der Waals surface area contributed by atoms with E-state index >= 15 is 0 Å². The van der Waals surface area contributed by atoms with E-state index in [-0.39, 0.29) is 5.91 Å². The Kier molecular flexibility index (Phi) is 6.58. The Labute approximate surface area is 196 Å². The second kappa shape index (κ2) is 9.55. The smallest absolute Gasteiger partial charge is 0.257 e. The molecule has 0 saturated carbocycles.